The maximum absolute atomic E-state index is 5.48. The summed E-state index contributed by atoms with van der Waals surface area (Å²) in [6, 6.07) is 0.248. The summed E-state index contributed by atoms with van der Waals surface area (Å²) >= 11 is 1.67. The third-order valence-corrected chi connectivity index (χ3v) is 2.99. The van der Waals surface area contributed by atoms with Gasteiger partial charge in [-0.15, -0.1) is 11.3 Å². The molecule has 0 fully saturated rings. The molecular weight excluding hydrogens is 210 g/mol. The fraction of sp³-hybridized carbons (Fsp3) is 0.700. The van der Waals surface area contributed by atoms with Crippen LogP contribution in [0.25, 0.3) is 0 Å². The van der Waals surface area contributed by atoms with Gasteiger partial charge in [0.1, 0.15) is 0 Å². The van der Waals surface area contributed by atoms with E-state index in [9.17, 15) is 0 Å². The van der Waals surface area contributed by atoms with Crippen LogP contribution in [0.5, 0.6) is 0 Å². The monoisotopic (exact) mass is 229 g/mol. The van der Waals surface area contributed by atoms with Gasteiger partial charge in [-0.3, -0.25) is 11.3 Å². The molecule has 0 saturated heterocycles. The molecule has 0 aromatic carbocycles. The minimum Gasteiger partial charge on any atom is -0.382 e. The van der Waals surface area contributed by atoms with E-state index in [4.69, 9.17) is 10.6 Å². The zero-order chi connectivity index (χ0) is 11.1. The first-order chi connectivity index (χ1) is 7.26. The van der Waals surface area contributed by atoms with Crippen molar-refractivity contribution in [3.63, 3.8) is 0 Å². The predicted molar refractivity (Wildman–Crippen MR) is 62.8 cm³/mol. The summed E-state index contributed by atoms with van der Waals surface area (Å²) in [5.41, 5.74) is 3.91. The number of nitrogens with zero attached hydrogens (tertiary/aromatic N) is 1. The number of ether oxygens (including phenoxy) is 1. The summed E-state index contributed by atoms with van der Waals surface area (Å²) < 4.78 is 5.30. The molecule has 5 heteroatoms. The number of nitrogens with one attached hydrogen (secondary N) is 1. The van der Waals surface area contributed by atoms with Crippen molar-refractivity contribution < 1.29 is 4.74 Å². The van der Waals surface area contributed by atoms with Crippen molar-refractivity contribution in [3.05, 3.63) is 16.1 Å². The lowest BCUT2D eigenvalue weighted by Gasteiger charge is -2.14. The van der Waals surface area contributed by atoms with E-state index < -0.39 is 0 Å². The van der Waals surface area contributed by atoms with Crippen LogP contribution in [0.4, 0.5) is 0 Å². The number of hydrogen-bond donors (Lipinski definition) is 2. The van der Waals surface area contributed by atoms with Crippen molar-refractivity contribution in [2.45, 2.75) is 32.7 Å². The molecule has 1 rings (SSSR count). The van der Waals surface area contributed by atoms with Crippen molar-refractivity contribution in [3.8, 4) is 0 Å². The molecular formula is C10H19N3OS. The number of nitrogens with two attached hydrogens (primary N) is 1. The van der Waals surface area contributed by atoms with Gasteiger partial charge in [0, 0.05) is 31.1 Å². The summed E-state index contributed by atoms with van der Waals surface area (Å²) in [5.74, 6) is 5.48. The molecule has 1 aromatic heterocycles. The molecule has 0 aliphatic rings. The molecule has 15 heavy (non-hydrogen) atoms. The lowest BCUT2D eigenvalue weighted by atomic mass is 10.1. The second-order valence-corrected chi connectivity index (χ2v) is 4.47. The third-order valence-electron chi connectivity index (χ3n) is 2.17. The summed E-state index contributed by atoms with van der Waals surface area (Å²) in [4.78, 5) is 4.41. The second-order valence-electron chi connectivity index (χ2n) is 3.41. The Kier molecular flexibility index (Phi) is 5.78. The van der Waals surface area contributed by atoms with Gasteiger partial charge >= 0.3 is 0 Å². The highest BCUT2D eigenvalue weighted by atomic mass is 32.1. The number of hydrogen-bond acceptors (Lipinski definition) is 5. The Morgan fingerprint density at radius 2 is 2.47 bits per heavy atom. The average Bonchev–Trinajstić information content (AvgIpc) is 2.63. The highest BCUT2D eigenvalue weighted by molar-refractivity contribution is 7.09. The topological polar surface area (TPSA) is 60.2 Å². The molecule has 1 atom stereocenters. The smallest absolute Gasteiger partial charge is 0.0897 e. The molecule has 0 aliphatic heterocycles. The van der Waals surface area contributed by atoms with Crippen LogP contribution in [0, 0.1) is 6.92 Å². The van der Waals surface area contributed by atoms with Crippen LogP contribution in [0.3, 0.4) is 0 Å². The van der Waals surface area contributed by atoms with Gasteiger partial charge in [-0.2, -0.15) is 0 Å². The van der Waals surface area contributed by atoms with Crippen molar-refractivity contribution in [2.24, 2.45) is 5.84 Å². The Labute approximate surface area is 94.8 Å². The number of thiazole rings is 1. The summed E-state index contributed by atoms with van der Waals surface area (Å²) in [6.07, 6.45) is 1.79. The molecule has 1 heterocycles. The molecule has 0 bridgehead atoms. The van der Waals surface area contributed by atoms with Gasteiger partial charge in [0.2, 0.25) is 0 Å². The summed E-state index contributed by atoms with van der Waals surface area (Å²) in [6.45, 7) is 5.51. The van der Waals surface area contributed by atoms with Crippen molar-refractivity contribution in [1.29, 1.82) is 0 Å². The zero-order valence-electron chi connectivity index (χ0n) is 9.32. The predicted octanol–water partition coefficient (Wildman–Crippen LogP) is 1.25. The fourth-order valence-corrected chi connectivity index (χ4v) is 1.99. The Hall–Kier alpha value is -0.490. The molecule has 1 unspecified atom stereocenters. The lowest BCUT2D eigenvalue weighted by molar-refractivity contribution is 0.136. The Bertz CT molecular complexity index is 277. The molecule has 0 amide bonds. The number of aromatic nitrogens is 1. The normalized spacial score (nSPS) is 13.0. The van der Waals surface area contributed by atoms with E-state index in [0.717, 1.165) is 36.8 Å². The minimum absolute atomic E-state index is 0.248. The van der Waals surface area contributed by atoms with Gasteiger partial charge in [0.15, 0.2) is 0 Å². The van der Waals surface area contributed by atoms with E-state index in [-0.39, 0.29) is 6.04 Å². The second kappa shape index (κ2) is 6.90. The Balaban J connectivity index is 2.33. The van der Waals surface area contributed by atoms with Crippen LogP contribution in [-0.4, -0.2) is 24.2 Å². The van der Waals surface area contributed by atoms with E-state index in [0.29, 0.717) is 0 Å². The fourth-order valence-electron chi connectivity index (χ4n) is 1.37. The van der Waals surface area contributed by atoms with E-state index in [1.165, 1.54) is 0 Å². The van der Waals surface area contributed by atoms with Crippen LogP contribution in [0.15, 0.2) is 5.38 Å². The molecule has 3 N–H and O–H groups in total. The van der Waals surface area contributed by atoms with Crippen molar-refractivity contribution in [1.82, 2.24) is 10.4 Å². The van der Waals surface area contributed by atoms with Crippen LogP contribution in [0.1, 0.15) is 24.0 Å². The highest BCUT2D eigenvalue weighted by Crippen LogP contribution is 2.10. The first kappa shape index (κ1) is 12.6. The first-order valence-electron chi connectivity index (χ1n) is 5.21. The largest absolute Gasteiger partial charge is 0.382 e. The minimum atomic E-state index is 0.248. The van der Waals surface area contributed by atoms with E-state index >= 15 is 0 Å². The van der Waals surface area contributed by atoms with Gasteiger partial charge < -0.3 is 4.74 Å². The van der Waals surface area contributed by atoms with Crippen molar-refractivity contribution in [2.75, 3.05) is 13.2 Å². The maximum Gasteiger partial charge on any atom is 0.0897 e. The molecule has 4 nitrogen and oxygen atoms in total. The van der Waals surface area contributed by atoms with Gasteiger partial charge in [-0.1, -0.05) is 0 Å². The zero-order valence-corrected chi connectivity index (χ0v) is 10.1. The van der Waals surface area contributed by atoms with Gasteiger partial charge in [0.05, 0.1) is 10.7 Å². The van der Waals surface area contributed by atoms with Crippen LogP contribution >= 0.6 is 11.3 Å². The Morgan fingerprint density at radius 1 is 1.67 bits per heavy atom. The number of rotatable bonds is 7. The summed E-state index contributed by atoms with van der Waals surface area (Å²) in [5, 5.41) is 3.19. The van der Waals surface area contributed by atoms with E-state index in [1.54, 1.807) is 11.3 Å². The highest BCUT2D eigenvalue weighted by Gasteiger charge is 2.09. The third kappa shape index (κ3) is 4.70. The van der Waals surface area contributed by atoms with Gasteiger partial charge in [0.25, 0.3) is 0 Å². The van der Waals surface area contributed by atoms with E-state index in [2.05, 4.69) is 15.8 Å². The molecule has 86 valence electrons. The quantitative estimate of drug-likeness (QED) is 0.420. The molecule has 0 spiro atoms. The Morgan fingerprint density at radius 3 is 3.00 bits per heavy atom. The number of hydrazine groups is 1. The lowest BCUT2D eigenvalue weighted by Crippen LogP contribution is -2.37. The SMILES string of the molecule is CCOCCC(Cc1csc(C)n1)NN. The van der Waals surface area contributed by atoms with Crippen molar-refractivity contribution >= 4 is 11.3 Å². The standard InChI is InChI=1S/C10H19N3OS/c1-3-14-5-4-9(13-11)6-10-7-15-8(2)12-10/h7,9,13H,3-6,11H2,1-2H3. The summed E-state index contributed by atoms with van der Waals surface area (Å²) in [7, 11) is 0. The van der Waals surface area contributed by atoms with Crippen LogP contribution in [-0.2, 0) is 11.2 Å². The maximum atomic E-state index is 5.48. The number of aryl methyl sites for hydroxylation is 1. The average molecular weight is 229 g/mol. The van der Waals surface area contributed by atoms with Crippen LogP contribution in [0.2, 0.25) is 0 Å². The molecule has 0 radical (unpaired) electrons. The molecule has 0 aliphatic carbocycles. The van der Waals surface area contributed by atoms with Gasteiger partial charge in [-0.05, 0) is 20.3 Å². The van der Waals surface area contributed by atoms with Gasteiger partial charge in [-0.25, -0.2) is 4.98 Å². The molecule has 1 aromatic rings. The first-order valence-corrected chi connectivity index (χ1v) is 6.09. The van der Waals surface area contributed by atoms with E-state index in [1.807, 2.05) is 13.8 Å². The molecule has 0 saturated carbocycles. The van der Waals surface area contributed by atoms with Crippen LogP contribution < -0.4 is 11.3 Å².